The van der Waals surface area contributed by atoms with E-state index in [0.717, 1.165) is 31.1 Å². The number of hydrogen-bond donors (Lipinski definition) is 2. The summed E-state index contributed by atoms with van der Waals surface area (Å²) in [6.07, 6.45) is 0. The summed E-state index contributed by atoms with van der Waals surface area (Å²) in [6.45, 7) is 11.2. The molecule has 1 aromatic heterocycles. The fourth-order valence-corrected chi connectivity index (χ4v) is 2.75. The molecule has 0 unspecified atom stereocenters. The van der Waals surface area contributed by atoms with E-state index < -0.39 is 5.54 Å². The Hall–Kier alpha value is -1.56. The highest BCUT2D eigenvalue weighted by Crippen LogP contribution is 2.30. The van der Waals surface area contributed by atoms with E-state index >= 15 is 0 Å². The van der Waals surface area contributed by atoms with Gasteiger partial charge < -0.3 is 15.5 Å². The zero-order chi connectivity index (χ0) is 14.9. The Morgan fingerprint density at radius 2 is 2.15 bits per heavy atom. The molecule has 0 aromatic carbocycles. The number of hydrogen-bond acceptors (Lipinski definition) is 4. The maximum atomic E-state index is 12.1. The Morgan fingerprint density at radius 3 is 2.80 bits per heavy atom. The van der Waals surface area contributed by atoms with E-state index in [9.17, 15) is 4.79 Å². The van der Waals surface area contributed by atoms with Gasteiger partial charge >= 0.3 is 0 Å². The normalized spacial score (nSPS) is 18.2. The number of carbonyl (C=O) groups excluding carboxylic acids is 1. The van der Waals surface area contributed by atoms with Gasteiger partial charge in [0, 0.05) is 32.2 Å². The quantitative estimate of drug-likeness (QED) is 0.845. The molecule has 2 rings (SSSR count). The molecule has 0 saturated carbocycles. The molecule has 2 heterocycles. The van der Waals surface area contributed by atoms with Crippen molar-refractivity contribution in [3.63, 3.8) is 0 Å². The predicted molar refractivity (Wildman–Crippen MR) is 79.8 cm³/mol. The van der Waals surface area contributed by atoms with Crippen molar-refractivity contribution in [3.8, 4) is 0 Å². The van der Waals surface area contributed by atoms with E-state index in [1.165, 1.54) is 5.56 Å². The van der Waals surface area contributed by atoms with Crippen molar-refractivity contribution in [2.45, 2.75) is 39.8 Å². The minimum atomic E-state index is -0.556. The average molecular weight is 279 g/mol. The second-order valence-corrected chi connectivity index (χ2v) is 5.76. The average Bonchev–Trinajstić information content (AvgIpc) is 2.65. The first-order chi connectivity index (χ1) is 9.39. The summed E-state index contributed by atoms with van der Waals surface area (Å²) >= 11 is 0. The van der Waals surface area contributed by atoms with Crippen molar-refractivity contribution in [2.24, 2.45) is 7.05 Å². The number of nitrogens with one attached hydrogen (secondary N) is 2. The van der Waals surface area contributed by atoms with Crippen molar-refractivity contribution < 1.29 is 4.79 Å². The largest absolute Gasteiger partial charge is 0.352 e. The Labute approximate surface area is 120 Å². The van der Waals surface area contributed by atoms with Crippen LogP contribution in [0.5, 0.6) is 0 Å². The van der Waals surface area contributed by atoms with Crippen LogP contribution >= 0.6 is 0 Å². The van der Waals surface area contributed by atoms with E-state index in [2.05, 4.69) is 27.6 Å². The van der Waals surface area contributed by atoms with Gasteiger partial charge in [0.25, 0.3) is 0 Å². The molecular formula is C14H25N5O. The van der Waals surface area contributed by atoms with Gasteiger partial charge in [0.05, 0.1) is 5.69 Å². The summed E-state index contributed by atoms with van der Waals surface area (Å²) in [7, 11) is 1.94. The lowest BCUT2D eigenvalue weighted by Gasteiger charge is -2.43. The zero-order valence-corrected chi connectivity index (χ0v) is 13.1. The monoisotopic (exact) mass is 279 g/mol. The molecule has 6 nitrogen and oxygen atoms in total. The number of anilines is 1. The molecule has 0 atom stereocenters. The number of rotatable bonds is 4. The van der Waals surface area contributed by atoms with E-state index in [0.29, 0.717) is 6.54 Å². The van der Waals surface area contributed by atoms with Crippen LogP contribution in [0.1, 0.15) is 32.0 Å². The number of amides is 1. The SMILES string of the molecule is CCNCc1c(C)nn(C)c1N1CCNC(=O)C1(C)C. The van der Waals surface area contributed by atoms with Crippen LogP contribution in [-0.4, -0.2) is 40.9 Å². The summed E-state index contributed by atoms with van der Waals surface area (Å²) in [6, 6.07) is 0. The summed E-state index contributed by atoms with van der Waals surface area (Å²) in [4.78, 5) is 14.3. The third-order valence-corrected chi connectivity index (χ3v) is 3.97. The maximum absolute atomic E-state index is 12.1. The van der Waals surface area contributed by atoms with Crippen LogP contribution in [-0.2, 0) is 18.4 Å². The molecule has 0 radical (unpaired) electrons. The van der Waals surface area contributed by atoms with Crippen LogP contribution in [0.2, 0.25) is 0 Å². The number of nitrogens with zero attached hydrogens (tertiary/aromatic N) is 3. The molecule has 0 spiro atoms. The molecule has 1 saturated heterocycles. The van der Waals surface area contributed by atoms with Gasteiger partial charge in [0.2, 0.25) is 5.91 Å². The lowest BCUT2D eigenvalue weighted by atomic mass is 9.98. The fraction of sp³-hybridized carbons (Fsp3) is 0.714. The molecule has 6 heteroatoms. The molecule has 112 valence electrons. The van der Waals surface area contributed by atoms with Crippen molar-refractivity contribution in [1.82, 2.24) is 20.4 Å². The van der Waals surface area contributed by atoms with Gasteiger partial charge in [-0.3, -0.25) is 9.48 Å². The van der Waals surface area contributed by atoms with Crippen LogP contribution < -0.4 is 15.5 Å². The molecule has 1 amide bonds. The van der Waals surface area contributed by atoms with Gasteiger partial charge in [0.1, 0.15) is 11.4 Å². The van der Waals surface area contributed by atoms with Gasteiger partial charge in [0.15, 0.2) is 0 Å². The summed E-state index contributed by atoms with van der Waals surface area (Å²) in [5.74, 6) is 1.11. The van der Waals surface area contributed by atoms with Crippen molar-refractivity contribution in [3.05, 3.63) is 11.3 Å². The Balaban J connectivity index is 2.43. The molecule has 1 aromatic rings. The number of piperazine rings is 1. The topological polar surface area (TPSA) is 62.2 Å². The minimum absolute atomic E-state index is 0.0667. The lowest BCUT2D eigenvalue weighted by Crippen LogP contribution is -2.62. The van der Waals surface area contributed by atoms with E-state index in [1.807, 2.05) is 32.5 Å². The molecule has 1 aliphatic rings. The number of aromatic nitrogens is 2. The third-order valence-electron chi connectivity index (χ3n) is 3.97. The molecule has 2 N–H and O–H groups in total. The number of aryl methyl sites for hydroxylation is 2. The highest BCUT2D eigenvalue weighted by atomic mass is 16.2. The first-order valence-electron chi connectivity index (χ1n) is 7.18. The molecule has 20 heavy (non-hydrogen) atoms. The van der Waals surface area contributed by atoms with Crippen LogP contribution in [0.4, 0.5) is 5.82 Å². The second kappa shape index (κ2) is 5.44. The van der Waals surface area contributed by atoms with Crippen LogP contribution in [0.25, 0.3) is 0 Å². The molecule has 1 fully saturated rings. The summed E-state index contributed by atoms with van der Waals surface area (Å²) in [5, 5.41) is 10.8. The van der Waals surface area contributed by atoms with E-state index in [-0.39, 0.29) is 5.91 Å². The minimum Gasteiger partial charge on any atom is -0.352 e. The highest BCUT2D eigenvalue weighted by Gasteiger charge is 2.40. The summed E-state index contributed by atoms with van der Waals surface area (Å²) in [5.41, 5.74) is 1.64. The highest BCUT2D eigenvalue weighted by molar-refractivity contribution is 5.90. The third kappa shape index (κ3) is 2.40. The van der Waals surface area contributed by atoms with Crippen LogP contribution in [0, 0.1) is 6.92 Å². The van der Waals surface area contributed by atoms with Gasteiger partial charge in [-0.05, 0) is 27.3 Å². The second-order valence-electron chi connectivity index (χ2n) is 5.76. The van der Waals surface area contributed by atoms with Gasteiger partial charge in [-0.25, -0.2) is 0 Å². The smallest absolute Gasteiger partial charge is 0.245 e. The summed E-state index contributed by atoms with van der Waals surface area (Å²) < 4.78 is 1.89. The van der Waals surface area contributed by atoms with Gasteiger partial charge in [-0.2, -0.15) is 5.10 Å². The Bertz CT molecular complexity index is 506. The first kappa shape index (κ1) is 14.8. The van der Waals surface area contributed by atoms with Gasteiger partial charge in [-0.1, -0.05) is 6.92 Å². The molecular weight excluding hydrogens is 254 g/mol. The zero-order valence-electron chi connectivity index (χ0n) is 13.1. The number of carbonyl (C=O) groups is 1. The Kier molecular flexibility index (Phi) is 4.04. The predicted octanol–water partition coefficient (Wildman–Crippen LogP) is 0.553. The van der Waals surface area contributed by atoms with Crippen LogP contribution in [0.15, 0.2) is 0 Å². The standard InChI is InChI=1S/C14H25N5O/c1-6-15-9-11-10(2)17-18(5)12(11)19-8-7-16-13(20)14(19,3)4/h15H,6-9H2,1-5H3,(H,16,20). The molecule has 0 aliphatic carbocycles. The fourth-order valence-electron chi connectivity index (χ4n) is 2.75. The molecule has 1 aliphatic heterocycles. The van der Waals surface area contributed by atoms with E-state index in [4.69, 9.17) is 0 Å². The molecule has 0 bridgehead atoms. The maximum Gasteiger partial charge on any atom is 0.245 e. The van der Waals surface area contributed by atoms with Crippen LogP contribution in [0.3, 0.4) is 0 Å². The van der Waals surface area contributed by atoms with Crippen molar-refractivity contribution in [1.29, 1.82) is 0 Å². The van der Waals surface area contributed by atoms with Crippen molar-refractivity contribution in [2.75, 3.05) is 24.5 Å². The first-order valence-corrected chi connectivity index (χ1v) is 7.18. The van der Waals surface area contributed by atoms with Gasteiger partial charge in [-0.15, -0.1) is 0 Å². The Morgan fingerprint density at radius 1 is 1.45 bits per heavy atom. The van der Waals surface area contributed by atoms with E-state index in [1.54, 1.807) is 0 Å². The van der Waals surface area contributed by atoms with Crippen molar-refractivity contribution >= 4 is 11.7 Å². The lowest BCUT2D eigenvalue weighted by molar-refractivity contribution is -0.126.